The minimum absolute atomic E-state index is 0.172. The first-order valence-electron chi connectivity index (χ1n) is 9.05. The number of hydrogen-bond acceptors (Lipinski definition) is 4. The van der Waals surface area contributed by atoms with Gasteiger partial charge in [-0.2, -0.15) is 5.10 Å². The Balaban J connectivity index is 1.56. The summed E-state index contributed by atoms with van der Waals surface area (Å²) in [6.45, 7) is 0.437. The Hall–Kier alpha value is -3.12. The molecule has 3 aromatic carbocycles. The SMILES string of the molecule is COc1cc(/C=N\NC(=O)Cc2ccccc2)ccc1OCc1ccc(Br)cc1. The molecular weight excluding hydrogens is 432 g/mol. The molecule has 0 aliphatic rings. The molecule has 5 nitrogen and oxygen atoms in total. The van der Waals surface area contributed by atoms with Crippen LogP contribution in [0.1, 0.15) is 16.7 Å². The van der Waals surface area contributed by atoms with Gasteiger partial charge in [-0.3, -0.25) is 4.79 Å². The Labute approximate surface area is 178 Å². The molecule has 0 aromatic heterocycles. The van der Waals surface area contributed by atoms with Crippen LogP contribution in [0.5, 0.6) is 11.5 Å². The van der Waals surface area contributed by atoms with Crippen molar-refractivity contribution >= 4 is 28.1 Å². The van der Waals surface area contributed by atoms with Crippen LogP contribution >= 0.6 is 15.9 Å². The fourth-order valence-corrected chi connectivity index (χ4v) is 2.89. The van der Waals surface area contributed by atoms with Crippen molar-refractivity contribution in [1.29, 1.82) is 0 Å². The molecule has 3 rings (SSSR count). The molecule has 0 saturated carbocycles. The maximum Gasteiger partial charge on any atom is 0.244 e. The smallest absolute Gasteiger partial charge is 0.244 e. The van der Waals surface area contributed by atoms with Gasteiger partial charge in [0.15, 0.2) is 11.5 Å². The number of benzene rings is 3. The zero-order valence-electron chi connectivity index (χ0n) is 16.0. The Morgan fingerprint density at radius 1 is 1.00 bits per heavy atom. The molecule has 0 bridgehead atoms. The van der Waals surface area contributed by atoms with E-state index in [-0.39, 0.29) is 12.3 Å². The molecule has 6 heteroatoms. The Bertz CT molecular complexity index is 973. The molecule has 0 fully saturated rings. The number of carbonyl (C=O) groups is 1. The van der Waals surface area contributed by atoms with Gasteiger partial charge in [0, 0.05) is 4.47 Å². The molecule has 29 heavy (non-hydrogen) atoms. The Morgan fingerprint density at radius 2 is 1.76 bits per heavy atom. The van der Waals surface area contributed by atoms with Crippen molar-refractivity contribution in [2.45, 2.75) is 13.0 Å². The lowest BCUT2D eigenvalue weighted by Gasteiger charge is -2.11. The lowest BCUT2D eigenvalue weighted by Crippen LogP contribution is -2.19. The molecule has 1 N–H and O–H groups in total. The molecule has 1 amide bonds. The summed E-state index contributed by atoms with van der Waals surface area (Å²) in [6.07, 6.45) is 1.86. The molecule has 3 aromatic rings. The Kier molecular flexibility index (Phi) is 7.41. The molecule has 0 aliphatic carbocycles. The quantitative estimate of drug-likeness (QED) is 0.396. The van der Waals surface area contributed by atoms with Crippen molar-refractivity contribution in [2.24, 2.45) is 5.10 Å². The van der Waals surface area contributed by atoms with Crippen molar-refractivity contribution in [3.63, 3.8) is 0 Å². The van der Waals surface area contributed by atoms with E-state index in [4.69, 9.17) is 9.47 Å². The molecular formula is C23H21BrN2O3. The normalized spacial score (nSPS) is 10.7. The molecule has 0 unspecified atom stereocenters. The number of amides is 1. The van der Waals surface area contributed by atoms with Gasteiger partial charge < -0.3 is 9.47 Å². The largest absolute Gasteiger partial charge is 0.493 e. The summed E-state index contributed by atoms with van der Waals surface area (Å²) in [6, 6.07) is 23.0. The first kappa shape index (κ1) is 20.6. The third kappa shape index (κ3) is 6.47. The zero-order valence-corrected chi connectivity index (χ0v) is 17.6. The summed E-state index contributed by atoms with van der Waals surface area (Å²) >= 11 is 3.42. The standard InChI is InChI=1S/C23H21BrN2O3/c1-28-22-13-19(15-25-26-23(27)14-17-5-3-2-4-6-17)9-12-21(22)29-16-18-7-10-20(24)11-8-18/h2-13,15H,14,16H2,1H3,(H,26,27)/b25-15-. The van der Waals surface area contributed by atoms with Crippen molar-refractivity contribution in [1.82, 2.24) is 5.43 Å². The predicted octanol–water partition coefficient (Wildman–Crippen LogP) is 4.73. The Morgan fingerprint density at radius 3 is 2.48 bits per heavy atom. The van der Waals surface area contributed by atoms with Crippen molar-refractivity contribution in [2.75, 3.05) is 7.11 Å². The van der Waals surface area contributed by atoms with E-state index in [0.717, 1.165) is 21.2 Å². The van der Waals surface area contributed by atoms with Crippen LogP contribution in [0.3, 0.4) is 0 Å². The third-order valence-corrected chi connectivity index (χ3v) is 4.63. The van der Waals surface area contributed by atoms with Crippen molar-refractivity contribution < 1.29 is 14.3 Å². The number of carbonyl (C=O) groups excluding carboxylic acids is 1. The van der Waals surface area contributed by atoms with E-state index in [2.05, 4.69) is 26.5 Å². The number of hydrazone groups is 1. The fraction of sp³-hybridized carbons (Fsp3) is 0.130. The van der Waals surface area contributed by atoms with Crippen LogP contribution in [-0.4, -0.2) is 19.2 Å². The first-order chi connectivity index (χ1) is 14.1. The van der Waals surface area contributed by atoms with E-state index in [0.29, 0.717) is 18.1 Å². The van der Waals surface area contributed by atoms with E-state index in [9.17, 15) is 4.79 Å². The topological polar surface area (TPSA) is 59.9 Å². The van der Waals surface area contributed by atoms with Crippen LogP contribution in [0, 0.1) is 0 Å². The van der Waals surface area contributed by atoms with Crippen LogP contribution in [0.2, 0.25) is 0 Å². The summed E-state index contributed by atoms with van der Waals surface area (Å²) in [5.74, 6) is 1.07. The van der Waals surface area contributed by atoms with Crippen LogP contribution in [0.15, 0.2) is 82.4 Å². The van der Waals surface area contributed by atoms with Gasteiger partial charge in [-0.25, -0.2) is 5.43 Å². The van der Waals surface area contributed by atoms with Crippen LogP contribution in [-0.2, 0) is 17.8 Å². The molecule has 0 saturated heterocycles. The highest BCUT2D eigenvalue weighted by Crippen LogP contribution is 2.28. The summed E-state index contributed by atoms with van der Waals surface area (Å²) in [7, 11) is 1.59. The number of halogens is 1. The maximum absolute atomic E-state index is 11.9. The average molecular weight is 453 g/mol. The van der Waals surface area contributed by atoms with E-state index in [1.165, 1.54) is 0 Å². The van der Waals surface area contributed by atoms with Gasteiger partial charge in [-0.1, -0.05) is 58.4 Å². The second-order valence-corrected chi connectivity index (χ2v) is 7.20. The predicted molar refractivity (Wildman–Crippen MR) is 117 cm³/mol. The van der Waals surface area contributed by atoms with Crippen LogP contribution in [0.4, 0.5) is 0 Å². The van der Waals surface area contributed by atoms with Gasteiger partial charge >= 0.3 is 0 Å². The van der Waals surface area contributed by atoms with E-state index in [1.807, 2.05) is 72.8 Å². The van der Waals surface area contributed by atoms with Gasteiger partial charge in [0.05, 0.1) is 19.7 Å². The molecule has 148 valence electrons. The molecule has 0 aliphatic heterocycles. The summed E-state index contributed by atoms with van der Waals surface area (Å²) in [5, 5.41) is 4.02. The summed E-state index contributed by atoms with van der Waals surface area (Å²) < 4.78 is 12.3. The monoisotopic (exact) mass is 452 g/mol. The number of ether oxygens (including phenoxy) is 2. The van der Waals surface area contributed by atoms with Gasteiger partial charge in [-0.15, -0.1) is 0 Å². The van der Waals surface area contributed by atoms with Gasteiger partial charge in [-0.05, 0) is 47.0 Å². The van der Waals surface area contributed by atoms with Gasteiger partial charge in [0.2, 0.25) is 5.91 Å². The second kappa shape index (κ2) is 10.4. The van der Waals surface area contributed by atoms with Gasteiger partial charge in [0.25, 0.3) is 0 Å². The highest BCUT2D eigenvalue weighted by atomic mass is 79.9. The van der Waals surface area contributed by atoms with Gasteiger partial charge in [0.1, 0.15) is 6.61 Å². The minimum atomic E-state index is -0.172. The van der Waals surface area contributed by atoms with E-state index < -0.39 is 0 Å². The third-order valence-electron chi connectivity index (χ3n) is 4.11. The number of nitrogens with zero attached hydrogens (tertiary/aromatic N) is 1. The number of nitrogens with one attached hydrogen (secondary N) is 1. The number of rotatable bonds is 8. The lowest BCUT2D eigenvalue weighted by molar-refractivity contribution is -0.120. The highest BCUT2D eigenvalue weighted by molar-refractivity contribution is 9.10. The fourth-order valence-electron chi connectivity index (χ4n) is 2.63. The van der Waals surface area contributed by atoms with Crippen molar-refractivity contribution in [3.8, 4) is 11.5 Å². The number of methoxy groups -OCH3 is 1. The van der Waals surface area contributed by atoms with Crippen molar-refractivity contribution in [3.05, 3.63) is 94.0 Å². The lowest BCUT2D eigenvalue weighted by atomic mass is 10.1. The van der Waals surface area contributed by atoms with Crippen LogP contribution < -0.4 is 14.9 Å². The average Bonchev–Trinajstić information content (AvgIpc) is 2.74. The molecule has 0 radical (unpaired) electrons. The summed E-state index contributed by atoms with van der Waals surface area (Å²) in [4.78, 5) is 11.9. The highest BCUT2D eigenvalue weighted by Gasteiger charge is 2.06. The van der Waals surface area contributed by atoms with E-state index in [1.54, 1.807) is 13.3 Å². The second-order valence-electron chi connectivity index (χ2n) is 6.28. The molecule has 0 spiro atoms. The molecule has 0 heterocycles. The molecule has 0 atom stereocenters. The first-order valence-corrected chi connectivity index (χ1v) is 9.84. The number of hydrogen-bond donors (Lipinski definition) is 1. The maximum atomic E-state index is 11.9. The zero-order chi connectivity index (χ0) is 20.5. The summed E-state index contributed by atoms with van der Waals surface area (Å²) in [5.41, 5.74) is 5.32. The van der Waals surface area contributed by atoms with E-state index >= 15 is 0 Å². The minimum Gasteiger partial charge on any atom is -0.493 e. The van der Waals surface area contributed by atoms with Crippen LogP contribution in [0.25, 0.3) is 0 Å².